The number of aromatic nitrogens is 1. The number of pyridine rings is 1. The number of hydrogen-bond donors (Lipinski definition) is 3. The van der Waals surface area contributed by atoms with Crippen molar-refractivity contribution in [3.05, 3.63) is 23.9 Å². The number of carbonyl (C=O) groups excluding carboxylic acids is 2. The number of urea groups is 1. The van der Waals surface area contributed by atoms with Crippen molar-refractivity contribution in [1.82, 2.24) is 15.2 Å². The molecule has 7 nitrogen and oxygen atoms in total. The summed E-state index contributed by atoms with van der Waals surface area (Å²) in [4.78, 5) is 29.4. The van der Waals surface area contributed by atoms with Crippen LogP contribution in [0, 0.1) is 5.92 Å². The third-order valence-corrected chi connectivity index (χ3v) is 4.32. The Bertz CT molecular complexity index is 577. The van der Waals surface area contributed by atoms with Gasteiger partial charge in [0.25, 0.3) is 5.91 Å². The van der Waals surface area contributed by atoms with Gasteiger partial charge < -0.3 is 15.3 Å². The molecular weight excluding hydrogens is 308 g/mol. The van der Waals surface area contributed by atoms with Crippen LogP contribution in [0.15, 0.2) is 18.3 Å². The fraction of sp³-hybridized carbons (Fsp3) is 0.588. The van der Waals surface area contributed by atoms with Gasteiger partial charge in [-0.15, -0.1) is 0 Å². The second-order valence-corrected chi connectivity index (χ2v) is 6.41. The molecule has 3 amide bonds. The molecule has 0 bridgehead atoms. The van der Waals surface area contributed by atoms with Crippen molar-refractivity contribution in [2.24, 2.45) is 5.92 Å². The average Bonchev–Trinajstić information content (AvgIpc) is 2.56. The number of aliphatic hydroxyl groups excluding tert-OH is 1. The zero-order valence-electron chi connectivity index (χ0n) is 14.3. The molecule has 1 saturated carbocycles. The van der Waals surface area contributed by atoms with Crippen molar-refractivity contribution < 1.29 is 14.7 Å². The first-order valence-corrected chi connectivity index (χ1v) is 8.38. The van der Waals surface area contributed by atoms with Gasteiger partial charge >= 0.3 is 6.03 Å². The maximum Gasteiger partial charge on any atom is 0.320 e. The van der Waals surface area contributed by atoms with Gasteiger partial charge in [0.2, 0.25) is 0 Å². The summed E-state index contributed by atoms with van der Waals surface area (Å²) < 4.78 is 0. The molecule has 7 heteroatoms. The Morgan fingerprint density at radius 1 is 1.33 bits per heavy atom. The molecule has 0 saturated heterocycles. The Balaban J connectivity index is 1.80. The van der Waals surface area contributed by atoms with Crippen LogP contribution >= 0.6 is 0 Å². The van der Waals surface area contributed by atoms with Gasteiger partial charge in [-0.2, -0.15) is 0 Å². The summed E-state index contributed by atoms with van der Waals surface area (Å²) in [5.41, 5.74) is 0.468. The summed E-state index contributed by atoms with van der Waals surface area (Å²) in [7, 11) is 3.34. The number of rotatable bonds is 5. The quantitative estimate of drug-likeness (QED) is 0.766. The third-order valence-electron chi connectivity index (χ3n) is 4.32. The van der Waals surface area contributed by atoms with Gasteiger partial charge in [0.15, 0.2) is 0 Å². The third kappa shape index (κ3) is 5.19. The van der Waals surface area contributed by atoms with Crippen molar-refractivity contribution in [2.45, 2.75) is 38.2 Å². The van der Waals surface area contributed by atoms with Crippen molar-refractivity contribution in [3.63, 3.8) is 0 Å². The highest BCUT2D eigenvalue weighted by Crippen LogP contribution is 2.26. The molecule has 2 atom stereocenters. The van der Waals surface area contributed by atoms with Gasteiger partial charge in [-0.25, -0.2) is 9.78 Å². The van der Waals surface area contributed by atoms with Crippen LogP contribution in [0.2, 0.25) is 0 Å². The maximum atomic E-state index is 11.9. The number of anilines is 1. The normalized spacial score (nSPS) is 20.3. The van der Waals surface area contributed by atoms with E-state index in [4.69, 9.17) is 0 Å². The van der Waals surface area contributed by atoms with E-state index >= 15 is 0 Å². The molecule has 1 aromatic heterocycles. The number of hydrogen-bond acceptors (Lipinski definition) is 4. The fourth-order valence-electron chi connectivity index (χ4n) is 2.95. The minimum absolute atomic E-state index is 0.146. The lowest BCUT2D eigenvalue weighted by Gasteiger charge is -2.27. The molecule has 2 rings (SSSR count). The van der Waals surface area contributed by atoms with Crippen LogP contribution < -0.4 is 10.6 Å². The summed E-state index contributed by atoms with van der Waals surface area (Å²) in [5, 5.41) is 15.3. The highest BCUT2D eigenvalue weighted by atomic mass is 16.3. The molecule has 3 N–H and O–H groups in total. The van der Waals surface area contributed by atoms with E-state index in [1.165, 1.54) is 11.1 Å². The second-order valence-electron chi connectivity index (χ2n) is 6.41. The highest BCUT2D eigenvalue weighted by molar-refractivity contribution is 5.95. The Labute approximate surface area is 142 Å². The standard InChI is InChI=1S/C17H26N4O3/c1-21(2)16(23)13-8-9-18-15(11-13)20-17(24)19-10-7-12-5-3-4-6-14(12)22/h8-9,11-12,14,22H,3-7,10H2,1-2H3,(H2,18,19,20,24)/t12-,14-/m0/s1. The van der Waals surface area contributed by atoms with Crippen molar-refractivity contribution >= 4 is 17.8 Å². The molecule has 1 aliphatic carbocycles. The number of amides is 3. The molecule has 1 aliphatic rings. The SMILES string of the molecule is CN(C)C(=O)c1ccnc(NC(=O)NCC[C@@H]2CCCC[C@@H]2O)c1. The molecule has 1 heterocycles. The zero-order chi connectivity index (χ0) is 17.5. The van der Waals surface area contributed by atoms with Gasteiger partial charge in [0, 0.05) is 32.4 Å². The predicted octanol–water partition coefficient (Wildman–Crippen LogP) is 1.85. The van der Waals surface area contributed by atoms with E-state index in [9.17, 15) is 14.7 Å². The maximum absolute atomic E-state index is 11.9. The van der Waals surface area contributed by atoms with Gasteiger partial charge in [-0.1, -0.05) is 12.8 Å². The van der Waals surface area contributed by atoms with Crippen LogP contribution in [-0.2, 0) is 0 Å². The lowest BCUT2D eigenvalue weighted by molar-refractivity contribution is 0.0658. The van der Waals surface area contributed by atoms with Crippen LogP contribution in [0.3, 0.4) is 0 Å². The van der Waals surface area contributed by atoms with E-state index in [0.29, 0.717) is 17.9 Å². The minimum Gasteiger partial charge on any atom is -0.393 e. The molecule has 0 unspecified atom stereocenters. The van der Waals surface area contributed by atoms with Crippen LogP contribution in [-0.4, -0.2) is 53.7 Å². The van der Waals surface area contributed by atoms with E-state index in [1.807, 2.05) is 0 Å². The first kappa shape index (κ1) is 18.2. The number of nitrogens with one attached hydrogen (secondary N) is 2. The molecule has 132 valence electrons. The highest BCUT2D eigenvalue weighted by Gasteiger charge is 2.22. The largest absolute Gasteiger partial charge is 0.393 e. The molecule has 24 heavy (non-hydrogen) atoms. The van der Waals surface area contributed by atoms with E-state index in [1.54, 1.807) is 26.2 Å². The molecule has 1 fully saturated rings. The van der Waals surface area contributed by atoms with Crippen molar-refractivity contribution in [2.75, 3.05) is 26.0 Å². The number of carbonyl (C=O) groups is 2. The van der Waals surface area contributed by atoms with Crippen molar-refractivity contribution in [3.8, 4) is 0 Å². The molecule has 1 aromatic rings. The zero-order valence-corrected chi connectivity index (χ0v) is 14.3. The smallest absolute Gasteiger partial charge is 0.320 e. The molecule has 0 aromatic carbocycles. The topological polar surface area (TPSA) is 94.6 Å². The predicted molar refractivity (Wildman–Crippen MR) is 91.9 cm³/mol. The summed E-state index contributed by atoms with van der Waals surface area (Å²) in [5.74, 6) is 0.447. The van der Waals surface area contributed by atoms with E-state index in [2.05, 4.69) is 15.6 Å². The van der Waals surface area contributed by atoms with Crippen LogP contribution in [0.25, 0.3) is 0 Å². The summed E-state index contributed by atoms with van der Waals surface area (Å²) in [6, 6.07) is 2.80. The monoisotopic (exact) mass is 334 g/mol. The molecule has 0 radical (unpaired) electrons. The summed E-state index contributed by atoms with van der Waals surface area (Å²) in [6.45, 7) is 0.504. The Morgan fingerprint density at radius 3 is 2.79 bits per heavy atom. The first-order valence-electron chi connectivity index (χ1n) is 8.38. The number of nitrogens with zero attached hydrogens (tertiary/aromatic N) is 2. The van der Waals surface area contributed by atoms with Gasteiger partial charge in [-0.3, -0.25) is 10.1 Å². The minimum atomic E-state index is -0.359. The Hall–Kier alpha value is -2.15. The molecular formula is C17H26N4O3. The lowest BCUT2D eigenvalue weighted by atomic mass is 9.84. The summed E-state index contributed by atoms with van der Waals surface area (Å²) in [6.07, 6.45) is 6.10. The van der Waals surface area contributed by atoms with E-state index < -0.39 is 0 Å². The lowest BCUT2D eigenvalue weighted by Crippen LogP contribution is -2.33. The van der Waals surface area contributed by atoms with Crippen LogP contribution in [0.4, 0.5) is 10.6 Å². The Kier molecular flexibility index (Phi) is 6.54. The number of aliphatic hydroxyl groups is 1. The van der Waals surface area contributed by atoms with E-state index in [0.717, 1.165) is 32.1 Å². The van der Waals surface area contributed by atoms with Gasteiger partial charge in [0.1, 0.15) is 5.82 Å². The Morgan fingerprint density at radius 2 is 2.08 bits per heavy atom. The van der Waals surface area contributed by atoms with Gasteiger partial charge in [-0.05, 0) is 37.3 Å². The van der Waals surface area contributed by atoms with E-state index in [-0.39, 0.29) is 24.0 Å². The average molecular weight is 334 g/mol. The second kappa shape index (κ2) is 8.63. The van der Waals surface area contributed by atoms with Crippen LogP contribution in [0.1, 0.15) is 42.5 Å². The summed E-state index contributed by atoms with van der Waals surface area (Å²) >= 11 is 0. The van der Waals surface area contributed by atoms with Crippen molar-refractivity contribution in [1.29, 1.82) is 0 Å². The molecule has 0 spiro atoms. The van der Waals surface area contributed by atoms with Crippen LogP contribution in [0.5, 0.6) is 0 Å². The first-order chi connectivity index (χ1) is 11.5. The fourth-order valence-corrected chi connectivity index (χ4v) is 2.95. The van der Waals surface area contributed by atoms with Gasteiger partial charge in [0.05, 0.1) is 6.10 Å². The molecule has 0 aliphatic heterocycles.